The molecule has 1 fully saturated rings. The topological polar surface area (TPSA) is 41.1 Å². The van der Waals surface area contributed by atoms with Gasteiger partial charge in [0.15, 0.2) is 0 Å². The van der Waals surface area contributed by atoms with Gasteiger partial charge in [-0.3, -0.25) is 4.79 Å². The fourth-order valence-electron chi connectivity index (χ4n) is 1.56. The summed E-state index contributed by atoms with van der Waals surface area (Å²) in [6, 6.07) is 0. The van der Waals surface area contributed by atoms with Crippen molar-refractivity contribution in [2.24, 2.45) is 11.8 Å². The number of carbonyl (C=O) groups excluding carboxylic acids is 1. The summed E-state index contributed by atoms with van der Waals surface area (Å²) in [6.07, 6.45) is 3.16. The van der Waals surface area contributed by atoms with Crippen LogP contribution in [0.15, 0.2) is 0 Å². The van der Waals surface area contributed by atoms with Crippen LogP contribution < -0.4 is 10.6 Å². The molecule has 3 nitrogen and oxygen atoms in total. The number of carbonyl (C=O) groups is 1. The molecule has 1 aliphatic rings. The second-order valence-corrected chi connectivity index (χ2v) is 5.61. The van der Waals surface area contributed by atoms with Crippen molar-refractivity contribution in [3.05, 3.63) is 0 Å². The molecule has 1 aliphatic heterocycles. The molecule has 0 saturated carbocycles. The van der Waals surface area contributed by atoms with Gasteiger partial charge in [0.25, 0.3) is 0 Å². The predicted octanol–water partition coefficient (Wildman–Crippen LogP) is 1.10. The Bertz CT molecular complexity index is 207. The average Bonchev–Trinajstić information content (AvgIpc) is 2.14. The molecule has 2 atom stereocenters. The molecule has 1 rings (SSSR count). The van der Waals surface area contributed by atoms with Gasteiger partial charge in [0, 0.05) is 17.7 Å². The van der Waals surface area contributed by atoms with Crippen LogP contribution in [-0.4, -0.2) is 37.0 Å². The van der Waals surface area contributed by atoms with E-state index in [0.29, 0.717) is 11.2 Å². The Morgan fingerprint density at radius 1 is 1.53 bits per heavy atom. The second kappa shape index (κ2) is 6.38. The van der Waals surface area contributed by atoms with Crippen molar-refractivity contribution < 1.29 is 4.79 Å². The lowest BCUT2D eigenvalue weighted by atomic mass is 9.88. The fraction of sp³-hybridized carbons (Fsp3) is 0.909. The number of rotatable bonds is 6. The summed E-state index contributed by atoms with van der Waals surface area (Å²) in [7, 11) is 0. The summed E-state index contributed by atoms with van der Waals surface area (Å²) >= 11 is 1.85. The normalized spacial score (nSPS) is 20.5. The highest BCUT2D eigenvalue weighted by Gasteiger charge is 2.28. The Balaban J connectivity index is 2.12. The van der Waals surface area contributed by atoms with E-state index in [9.17, 15) is 4.79 Å². The number of hydrogen-bond donors (Lipinski definition) is 2. The zero-order valence-corrected chi connectivity index (χ0v) is 10.7. The Morgan fingerprint density at radius 3 is 2.67 bits per heavy atom. The minimum absolute atomic E-state index is 0.163. The largest absolute Gasteiger partial charge is 0.356 e. The van der Waals surface area contributed by atoms with Gasteiger partial charge in [-0.15, -0.1) is 0 Å². The zero-order chi connectivity index (χ0) is 11.3. The van der Waals surface area contributed by atoms with Crippen molar-refractivity contribution in [3.8, 4) is 0 Å². The van der Waals surface area contributed by atoms with Crippen LogP contribution in [0.2, 0.25) is 0 Å². The van der Waals surface area contributed by atoms with Crippen molar-refractivity contribution in [1.82, 2.24) is 10.6 Å². The van der Waals surface area contributed by atoms with Crippen LogP contribution in [0.5, 0.6) is 0 Å². The van der Waals surface area contributed by atoms with Gasteiger partial charge in [0.05, 0.1) is 0 Å². The van der Waals surface area contributed by atoms with Crippen LogP contribution in [0, 0.1) is 11.8 Å². The molecule has 2 unspecified atom stereocenters. The summed E-state index contributed by atoms with van der Waals surface area (Å²) in [5.74, 6) is 0.925. The highest BCUT2D eigenvalue weighted by molar-refractivity contribution is 7.99. The van der Waals surface area contributed by atoms with Crippen molar-refractivity contribution in [1.29, 1.82) is 0 Å². The molecule has 0 spiro atoms. The molecule has 1 amide bonds. The smallest absolute Gasteiger partial charge is 0.223 e. The third kappa shape index (κ3) is 4.03. The molecule has 0 aliphatic carbocycles. The quantitative estimate of drug-likeness (QED) is 0.718. The van der Waals surface area contributed by atoms with Crippen molar-refractivity contribution in [2.75, 3.05) is 25.9 Å². The first kappa shape index (κ1) is 12.8. The van der Waals surface area contributed by atoms with Crippen molar-refractivity contribution in [3.63, 3.8) is 0 Å². The van der Waals surface area contributed by atoms with E-state index < -0.39 is 0 Å². The van der Waals surface area contributed by atoms with Crippen LogP contribution in [0.25, 0.3) is 0 Å². The van der Waals surface area contributed by atoms with E-state index in [1.807, 2.05) is 18.7 Å². The maximum Gasteiger partial charge on any atom is 0.223 e. The minimum Gasteiger partial charge on any atom is -0.356 e. The summed E-state index contributed by atoms with van der Waals surface area (Å²) in [5.41, 5.74) is 0. The van der Waals surface area contributed by atoms with Gasteiger partial charge >= 0.3 is 0 Å². The van der Waals surface area contributed by atoms with Crippen molar-refractivity contribution >= 4 is 17.7 Å². The minimum atomic E-state index is 0.163. The van der Waals surface area contributed by atoms with Gasteiger partial charge < -0.3 is 10.6 Å². The van der Waals surface area contributed by atoms with E-state index in [2.05, 4.69) is 23.8 Å². The first-order chi connectivity index (χ1) is 7.15. The molecule has 0 radical (unpaired) electrons. The third-order valence-corrected chi connectivity index (χ3v) is 4.23. The maximum atomic E-state index is 11.7. The van der Waals surface area contributed by atoms with E-state index in [0.717, 1.165) is 26.1 Å². The van der Waals surface area contributed by atoms with Crippen LogP contribution in [0.1, 0.15) is 20.3 Å². The molecular weight excluding hydrogens is 208 g/mol. The summed E-state index contributed by atoms with van der Waals surface area (Å²) in [5, 5.41) is 6.84. The van der Waals surface area contributed by atoms with Crippen molar-refractivity contribution in [2.45, 2.75) is 25.5 Å². The average molecular weight is 230 g/mol. The molecule has 0 aromatic heterocycles. The monoisotopic (exact) mass is 230 g/mol. The van der Waals surface area contributed by atoms with E-state index in [1.165, 1.54) is 0 Å². The van der Waals surface area contributed by atoms with Crippen LogP contribution in [-0.2, 0) is 4.79 Å². The van der Waals surface area contributed by atoms with E-state index in [4.69, 9.17) is 0 Å². The molecule has 88 valence electrons. The highest BCUT2D eigenvalue weighted by atomic mass is 32.2. The molecule has 0 aromatic carbocycles. The predicted molar refractivity (Wildman–Crippen MR) is 66.1 cm³/mol. The Morgan fingerprint density at radius 2 is 2.20 bits per heavy atom. The molecule has 0 bridgehead atoms. The van der Waals surface area contributed by atoms with E-state index in [-0.39, 0.29) is 11.8 Å². The fourth-order valence-corrected chi connectivity index (χ4v) is 1.91. The SMILES string of the molecule is CSC(C)CCNC(=O)C(C)C1CNC1. The van der Waals surface area contributed by atoms with Crippen LogP contribution in [0.4, 0.5) is 0 Å². The Labute approximate surface area is 96.8 Å². The van der Waals surface area contributed by atoms with Gasteiger partial charge in [-0.25, -0.2) is 0 Å². The number of nitrogens with one attached hydrogen (secondary N) is 2. The summed E-state index contributed by atoms with van der Waals surface area (Å²) in [6.45, 7) is 7.02. The lowest BCUT2D eigenvalue weighted by Gasteiger charge is -2.31. The van der Waals surface area contributed by atoms with E-state index >= 15 is 0 Å². The number of amides is 1. The maximum absolute atomic E-state index is 11.7. The van der Waals surface area contributed by atoms with Gasteiger partial charge in [-0.1, -0.05) is 13.8 Å². The lowest BCUT2D eigenvalue weighted by Crippen LogP contribution is -2.49. The van der Waals surface area contributed by atoms with Gasteiger partial charge in [0.2, 0.25) is 5.91 Å². The molecule has 15 heavy (non-hydrogen) atoms. The standard InChI is InChI=1S/C11H22N2OS/c1-8(15-3)4-5-13-11(14)9(2)10-6-12-7-10/h8-10,12H,4-7H2,1-3H3,(H,13,14). The lowest BCUT2D eigenvalue weighted by molar-refractivity contribution is -0.126. The van der Waals surface area contributed by atoms with Crippen LogP contribution in [0.3, 0.4) is 0 Å². The van der Waals surface area contributed by atoms with Gasteiger partial charge in [-0.05, 0) is 31.7 Å². The molecule has 1 saturated heterocycles. The van der Waals surface area contributed by atoms with Gasteiger partial charge in [0.1, 0.15) is 0 Å². The molecule has 2 N–H and O–H groups in total. The highest BCUT2D eigenvalue weighted by Crippen LogP contribution is 2.15. The summed E-state index contributed by atoms with van der Waals surface area (Å²) < 4.78 is 0. The third-order valence-electron chi connectivity index (χ3n) is 3.19. The summed E-state index contributed by atoms with van der Waals surface area (Å²) in [4.78, 5) is 11.7. The first-order valence-corrected chi connectivity index (χ1v) is 6.95. The molecule has 0 aromatic rings. The molecule has 4 heteroatoms. The Kier molecular flexibility index (Phi) is 5.47. The molecule has 1 heterocycles. The second-order valence-electron chi connectivity index (χ2n) is 4.33. The first-order valence-electron chi connectivity index (χ1n) is 5.66. The Hall–Kier alpha value is -0.220. The zero-order valence-electron chi connectivity index (χ0n) is 9.88. The number of hydrogen-bond acceptors (Lipinski definition) is 3. The molecular formula is C11H22N2OS. The van der Waals surface area contributed by atoms with Crippen LogP contribution >= 0.6 is 11.8 Å². The van der Waals surface area contributed by atoms with E-state index in [1.54, 1.807) is 0 Å². The number of thioether (sulfide) groups is 1. The van der Waals surface area contributed by atoms with Gasteiger partial charge in [-0.2, -0.15) is 11.8 Å².